The zero-order valence-electron chi connectivity index (χ0n) is 9.90. The summed E-state index contributed by atoms with van der Waals surface area (Å²) in [6.45, 7) is 1.99. The van der Waals surface area contributed by atoms with Gasteiger partial charge in [-0.25, -0.2) is 0 Å². The van der Waals surface area contributed by atoms with Crippen LogP contribution in [0, 0.1) is 10.1 Å². The van der Waals surface area contributed by atoms with Crippen LogP contribution >= 0.6 is 11.6 Å². The van der Waals surface area contributed by atoms with Crippen LogP contribution in [0.25, 0.3) is 0 Å². The molecular weight excluding hydrogens is 256 g/mol. The number of hydrogen-bond acceptors (Lipinski definition) is 3. The first-order valence-electron chi connectivity index (χ1n) is 5.68. The van der Waals surface area contributed by atoms with Gasteiger partial charge >= 0.3 is 0 Å². The average Bonchev–Trinajstić information content (AvgIpc) is 2.26. The number of nitrogens with zero attached hydrogens (tertiary/aromatic N) is 1. The standard InChI is InChI=1S/C12H13ClN2O3/c1-12(5-2-6-12)14-11(16)8-3-4-10(15(17)18)9(13)7-8/h3-4,7H,2,5-6H2,1H3,(H,14,16). The Balaban J connectivity index is 2.16. The van der Waals surface area contributed by atoms with Crippen LogP contribution in [0.4, 0.5) is 5.69 Å². The molecule has 1 fully saturated rings. The molecule has 0 heterocycles. The average molecular weight is 269 g/mol. The molecule has 0 unspecified atom stereocenters. The third-order valence-electron chi connectivity index (χ3n) is 3.28. The fraction of sp³-hybridized carbons (Fsp3) is 0.417. The van der Waals surface area contributed by atoms with E-state index in [1.165, 1.54) is 18.2 Å². The van der Waals surface area contributed by atoms with Crippen LogP contribution in [0.3, 0.4) is 0 Å². The van der Waals surface area contributed by atoms with Crippen LogP contribution < -0.4 is 5.32 Å². The first-order valence-corrected chi connectivity index (χ1v) is 6.05. The topological polar surface area (TPSA) is 72.2 Å². The third-order valence-corrected chi connectivity index (χ3v) is 3.58. The molecule has 0 aromatic heterocycles. The lowest BCUT2D eigenvalue weighted by Crippen LogP contribution is -2.50. The Bertz CT molecular complexity index is 512. The first kappa shape index (κ1) is 12.8. The van der Waals surface area contributed by atoms with E-state index in [1.54, 1.807) is 0 Å². The van der Waals surface area contributed by atoms with Gasteiger partial charge in [0.1, 0.15) is 5.02 Å². The number of rotatable bonds is 3. The molecule has 1 aromatic rings. The third kappa shape index (κ3) is 2.46. The van der Waals surface area contributed by atoms with Crippen LogP contribution in [-0.4, -0.2) is 16.4 Å². The van der Waals surface area contributed by atoms with Crippen LogP contribution in [0.2, 0.25) is 5.02 Å². The van der Waals surface area contributed by atoms with E-state index in [4.69, 9.17) is 11.6 Å². The lowest BCUT2D eigenvalue weighted by atomic mass is 9.78. The number of amides is 1. The van der Waals surface area contributed by atoms with Gasteiger partial charge < -0.3 is 5.32 Å². The maximum Gasteiger partial charge on any atom is 0.287 e. The Kier molecular flexibility index (Phi) is 3.26. The molecule has 18 heavy (non-hydrogen) atoms. The van der Waals surface area contributed by atoms with E-state index in [9.17, 15) is 14.9 Å². The minimum Gasteiger partial charge on any atom is -0.347 e. The van der Waals surface area contributed by atoms with Crippen molar-refractivity contribution >= 4 is 23.2 Å². The van der Waals surface area contributed by atoms with Gasteiger partial charge in [0.15, 0.2) is 0 Å². The lowest BCUT2D eigenvalue weighted by Gasteiger charge is -2.39. The molecule has 0 radical (unpaired) electrons. The number of hydrogen-bond donors (Lipinski definition) is 1. The number of nitro benzene ring substituents is 1. The van der Waals surface area contributed by atoms with Gasteiger partial charge in [0.05, 0.1) is 4.92 Å². The molecule has 5 nitrogen and oxygen atoms in total. The van der Waals surface area contributed by atoms with Crippen LogP contribution in [0.15, 0.2) is 18.2 Å². The van der Waals surface area contributed by atoms with Crippen molar-refractivity contribution in [1.82, 2.24) is 5.32 Å². The Labute approximate surface area is 109 Å². The molecular formula is C12H13ClN2O3. The Hall–Kier alpha value is -1.62. The maximum atomic E-state index is 11.9. The van der Waals surface area contributed by atoms with Gasteiger partial charge in [0, 0.05) is 17.2 Å². The summed E-state index contributed by atoms with van der Waals surface area (Å²) in [5, 5.41) is 13.5. The maximum absolute atomic E-state index is 11.9. The Morgan fingerprint density at radius 2 is 2.17 bits per heavy atom. The van der Waals surface area contributed by atoms with Crippen molar-refractivity contribution in [2.24, 2.45) is 0 Å². The molecule has 1 aliphatic carbocycles. The smallest absolute Gasteiger partial charge is 0.287 e. The minimum absolute atomic E-state index is 0.0218. The number of carbonyl (C=O) groups is 1. The molecule has 0 aliphatic heterocycles. The fourth-order valence-corrected chi connectivity index (χ4v) is 2.22. The normalized spacial score (nSPS) is 16.8. The van der Waals surface area contributed by atoms with Crippen molar-refractivity contribution in [2.75, 3.05) is 0 Å². The molecule has 0 spiro atoms. The largest absolute Gasteiger partial charge is 0.347 e. The van der Waals surface area contributed by atoms with Crippen molar-refractivity contribution in [2.45, 2.75) is 31.7 Å². The highest BCUT2D eigenvalue weighted by atomic mass is 35.5. The van der Waals surface area contributed by atoms with Crippen LogP contribution in [0.1, 0.15) is 36.5 Å². The second-order valence-electron chi connectivity index (χ2n) is 4.79. The van der Waals surface area contributed by atoms with Crippen molar-refractivity contribution < 1.29 is 9.72 Å². The summed E-state index contributed by atoms with van der Waals surface area (Å²) in [6.07, 6.45) is 3.02. The van der Waals surface area contributed by atoms with E-state index >= 15 is 0 Å². The molecule has 1 amide bonds. The van der Waals surface area contributed by atoms with Gasteiger partial charge in [-0.1, -0.05) is 11.6 Å². The van der Waals surface area contributed by atoms with Gasteiger partial charge in [-0.3, -0.25) is 14.9 Å². The highest BCUT2D eigenvalue weighted by Gasteiger charge is 2.33. The molecule has 6 heteroatoms. The summed E-state index contributed by atoms with van der Waals surface area (Å²) >= 11 is 5.77. The van der Waals surface area contributed by atoms with Crippen molar-refractivity contribution in [3.8, 4) is 0 Å². The molecule has 1 aromatic carbocycles. The Morgan fingerprint density at radius 3 is 2.61 bits per heavy atom. The molecule has 1 N–H and O–H groups in total. The van der Waals surface area contributed by atoms with E-state index < -0.39 is 4.92 Å². The zero-order chi connectivity index (χ0) is 13.3. The quantitative estimate of drug-likeness (QED) is 0.677. The number of carbonyl (C=O) groups excluding carboxylic acids is 1. The van der Waals surface area contributed by atoms with E-state index in [-0.39, 0.29) is 22.2 Å². The van der Waals surface area contributed by atoms with E-state index in [2.05, 4.69) is 5.32 Å². The number of benzene rings is 1. The molecule has 0 bridgehead atoms. The van der Waals surface area contributed by atoms with Gasteiger partial charge in [-0.15, -0.1) is 0 Å². The lowest BCUT2D eigenvalue weighted by molar-refractivity contribution is -0.384. The van der Waals surface area contributed by atoms with Crippen LogP contribution in [0.5, 0.6) is 0 Å². The molecule has 1 saturated carbocycles. The second kappa shape index (κ2) is 4.57. The predicted molar refractivity (Wildman–Crippen MR) is 67.8 cm³/mol. The fourth-order valence-electron chi connectivity index (χ4n) is 1.97. The summed E-state index contributed by atoms with van der Waals surface area (Å²) in [5.74, 6) is -0.242. The number of nitro groups is 1. The summed E-state index contributed by atoms with van der Waals surface area (Å²) in [6, 6.07) is 4.00. The molecule has 0 saturated heterocycles. The Morgan fingerprint density at radius 1 is 1.50 bits per heavy atom. The summed E-state index contributed by atoms with van der Waals surface area (Å²) in [7, 11) is 0. The predicted octanol–water partition coefficient (Wildman–Crippen LogP) is 2.92. The molecule has 1 aliphatic rings. The van der Waals surface area contributed by atoms with E-state index in [1.807, 2.05) is 6.92 Å². The second-order valence-corrected chi connectivity index (χ2v) is 5.20. The van der Waals surface area contributed by atoms with E-state index in [0.717, 1.165) is 19.3 Å². The summed E-state index contributed by atoms with van der Waals surface area (Å²) in [5.41, 5.74) is 0.00696. The molecule has 0 atom stereocenters. The summed E-state index contributed by atoms with van der Waals surface area (Å²) < 4.78 is 0. The van der Waals surface area contributed by atoms with Crippen molar-refractivity contribution in [3.63, 3.8) is 0 Å². The molecule has 2 rings (SSSR count). The SMILES string of the molecule is CC1(NC(=O)c2ccc([N+](=O)[O-])c(Cl)c2)CCC1. The van der Waals surface area contributed by atoms with Crippen LogP contribution in [-0.2, 0) is 0 Å². The van der Waals surface area contributed by atoms with Gasteiger partial charge in [-0.2, -0.15) is 0 Å². The minimum atomic E-state index is -0.572. The summed E-state index contributed by atoms with van der Waals surface area (Å²) in [4.78, 5) is 22.0. The van der Waals surface area contributed by atoms with Crippen molar-refractivity contribution in [1.29, 1.82) is 0 Å². The van der Waals surface area contributed by atoms with Gasteiger partial charge in [0.25, 0.3) is 11.6 Å². The number of halogens is 1. The first-order chi connectivity index (χ1) is 8.41. The molecule has 96 valence electrons. The van der Waals surface area contributed by atoms with Gasteiger partial charge in [0.2, 0.25) is 0 Å². The highest BCUT2D eigenvalue weighted by Crippen LogP contribution is 2.31. The zero-order valence-corrected chi connectivity index (χ0v) is 10.7. The highest BCUT2D eigenvalue weighted by molar-refractivity contribution is 6.33. The number of nitrogens with one attached hydrogen (secondary N) is 1. The van der Waals surface area contributed by atoms with Gasteiger partial charge in [-0.05, 0) is 38.3 Å². The van der Waals surface area contributed by atoms with Crippen molar-refractivity contribution in [3.05, 3.63) is 38.9 Å². The monoisotopic (exact) mass is 268 g/mol. The van der Waals surface area contributed by atoms with E-state index in [0.29, 0.717) is 5.56 Å².